The molecule has 0 bridgehead atoms. The van der Waals surface area contributed by atoms with Gasteiger partial charge in [0.15, 0.2) is 0 Å². The second kappa shape index (κ2) is 7.26. The van der Waals surface area contributed by atoms with E-state index in [0.717, 1.165) is 41.0 Å². The second-order valence-electron chi connectivity index (χ2n) is 8.05. The minimum absolute atomic E-state index is 0.248. The molecule has 0 aromatic carbocycles. The zero-order valence-corrected chi connectivity index (χ0v) is 16.6. The highest BCUT2D eigenvalue weighted by molar-refractivity contribution is 7.10. The van der Waals surface area contributed by atoms with Crippen LogP contribution in [0, 0.1) is 5.92 Å². The van der Waals surface area contributed by atoms with Gasteiger partial charge in [-0.05, 0) is 56.4 Å². The normalized spacial score (nSPS) is 26.8. The SMILES string of the molecule is C[C@@H](C(=O)NCC1CCCCC1)N1C(=O)N[C@]2(CCCc3sccc32)C1=O. The van der Waals surface area contributed by atoms with Gasteiger partial charge >= 0.3 is 6.03 Å². The molecule has 7 heteroatoms. The molecule has 1 aromatic rings. The molecule has 146 valence electrons. The van der Waals surface area contributed by atoms with Crippen molar-refractivity contribution in [2.24, 2.45) is 5.92 Å². The fourth-order valence-corrected chi connectivity index (χ4v) is 5.76. The van der Waals surface area contributed by atoms with Crippen molar-refractivity contribution in [2.75, 3.05) is 6.54 Å². The van der Waals surface area contributed by atoms with Crippen molar-refractivity contribution in [2.45, 2.75) is 69.9 Å². The average molecular weight is 390 g/mol. The van der Waals surface area contributed by atoms with Crippen molar-refractivity contribution in [3.8, 4) is 0 Å². The molecule has 1 saturated carbocycles. The van der Waals surface area contributed by atoms with Gasteiger partial charge < -0.3 is 10.6 Å². The summed E-state index contributed by atoms with van der Waals surface area (Å²) in [5.41, 5.74) is -0.0721. The molecule has 2 aliphatic carbocycles. The third kappa shape index (κ3) is 3.16. The molecule has 6 nitrogen and oxygen atoms in total. The van der Waals surface area contributed by atoms with Crippen LogP contribution in [-0.2, 0) is 21.5 Å². The quantitative estimate of drug-likeness (QED) is 0.777. The Morgan fingerprint density at radius 2 is 2.11 bits per heavy atom. The van der Waals surface area contributed by atoms with Gasteiger partial charge in [-0.25, -0.2) is 9.69 Å². The van der Waals surface area contributed by atoms with E-state index >= 15 is 0 Å². The van der Waals surface area contributed by atoms with Crippen LogP contribution in [0.15, 0.2) is 11.4 Å². The molecule has 27 heavy (non-hydrogen) atoms. The number of hydrogen-bond acceptors (Lipinski definition) is 4. The van der Waals surface area contributed by atoms with E-state index in [0.29, 0.717) is 18.9 Å². The molecule has 1 aliphatic heterocycles. The Morgan fingerprint density at radius 1 is 1.33 bits per heavy atom. The first-order valence-corrected chi connectivity index (χ1v) is 10.9. The van der Waals surface area contributed by atoms with Gasteiger partial charge in [0, 0.05) is 17.0 Å². The van der Waals surface area contributed by atoms with Gasteiger partial charge in [0.2, 0.25) is 5.91 Å². The van der Waals surface area contributed by atoms with Gasteiger partial charge in [-0.15, -0.1) is 11.3 Å². The Kier molecular flexibility index (Phi) is 4.97. The molecule has 1 saturated heterocycles. The summed E-state index contributed by atoms with van der Waals surface area (Å²) in [7, 11) is 0. The largest absolute Gasteiger partial charge is 0.354 e. The third-order valence-corrected chi connectivity index (χ3v) is 7.32. The molecule has 2 N–H and O–H groups in total. The maximum Gasteiger partial charge on any atom is 0.326 e. The van der Waals surface area contributed by atoms with Crippen molar-refractivity contribution in [3.05, 3.63) is 21.9 Å². The number of rotatable bonds is 4. The molecular formula is C20H27N3O3S. The molecule has 3 aliphatic rings. The van der Waals surface area contributed by atoms with Crippen molar-refractivity contribution < 1.29 is 14.4 Å². The van der Waals surface area contributed by atoms with Crippen LogP contribution in [0.3, 0.4) is 0 Å². The second-order valence-corrected chi connectivity index (χ2v) is 9.05. The van der Waals surface area contributed by atoms with Crippen molar-refractivity contribution >= 4 is 29.2 Å². The lowest BCUT2D eigenvalue weighted by molar-refractivity contribution is -0.138. The summed E-state index contributed by atoms with van der Waals surface area (Å²) in [6, 6.07) is 0.679. The molecular weight excluding hydrogens is 362 g/mol. The predicted octanol–water partition coefficient (Wildman–Crippen LogP) is 2.92. The maximum absolute atomic E-state index is 13.3. The number of urea groups is 1. The van der Waals surface area contributed by atoms with Gasteiger partial charge in [0.1, 0.15) is 11.6 Å². The Hall–Kier alpha value is -1.89. The van der Waals surface area contributed by atoms with Crippen molar-refractivity contribution in [1.29, 1.82) is 0 Å². The third-order valence-electron chi connectivity index (χ3n) is 6.34. The van der Waals surface area contributed by atoms with Crippen LogP contribution < -0.4 is 10.6 Å². The monoisotopic (exact) mass is 389 g/mol. The first kappa shape index (κ1) is 18.5. The number of nitrogens with zero attached hydrogens (tertiary/aromatic N) is 1. The van der Waals surface area contributed by atoms with E-state index in [-0.39, 0.29) is 11.8 Å². The first-order valence-electron chi connectivity index (χ1n) is 10.0. The van der Waals surface area contributed by atoms with Crippen LogP contribution in [0.25, 0.3) is 0 Å². The van der Waals surface area contributed by atoms with Crippen LogP contribution in [0.4, 0.5) is 4.79 Å². The minimum atomic E-state index is -0.984. The van der Waals surface area contributed by atoms with E-state index in [9.17, 15) is 14.4 Å². The summed E-state index contributed by atoms with van der Waals surface area (Å²) in [4.78, 5) is 40.9. The van der Waals surface area contributed by atoms with Crippen LogP contribution in [0.5, 0.6) is 0 Å². The fraction of sp³-hybridized carbons (Fsp3) is 0.650. The molecule has 0 unspecified atom stereocenters. The van der Waals surface area contributed by atoms with E-state index in [2.05, 4.69) is 10.6 Å². The fourth-order valence-electron chi connectivity index (χ4n) is 4.76. The van der Waals surface area contributed by atoms with Crippen LogP contribution in [0.1, 0.15) is 62.3 Å². The zero-order chi connectivity index (χ0) is 19.0. The Morgan fingerprint density at radius 3 is 2.89 bits per heavy atom. The molecule has 2 atom stereocenters. The number of amides is 4. The van der Waals surface area contributed by atoms with Gasteiger partial charge in [-0.2, -0.15) is 0 Å². The van der Waals surface area contributed by atoms with Gasteiger partial charge in [-0.3, -0.25) is 9.59 Å². The smallest absolute Gasteiger partial charge is 0.326 e. The molecule has 2 fully saturated rings. The van der Waals surface area contributed by atoms with Gasteiger partial charge in [-0.1, -0.05) is 19.3 Å². The number of nitrogens with one attached hydrogen (secondary N) is 2. The zero-order valence-electron chi connectivity index (χ0n) is 15.8. The summed E-state index contributed by atoms with van der Waals surface area (Å²) in [5, 5.41) is 7.85. The van der Waals surface area contributed by atoms with Crippen LogP contribution in [-0.4, -0.2) is 35.3 Å². The number of carbonyl (C=O) groups is 3. The van der Waals surface area contributed by atoms with Crippen molar-refractivity contribution in [3.63, 3.8) is 0 Å². The number of carbonyl (C=O) groups excluding carboxylic acids is 3. The maximum atomic E-state index is 13.3. The van der Waals surface area contributed by atoms with E-state index in [1.807, 2.05) is 11.4 Å². The molecule has 4 amide bonds. The lowest BCUT2D eigenvalue weighted by Gasteiger charge is -2.31. The first-order chi connectivity index (χ1) is 13.0. The number of thiophene rings is 1. The number of fused-ring (bicyclic) bond motifs is 2. The summed E-state index contributed by atoms with van der Waals surface area (Å²) in [6.07, 6.45) is 8.38. The molecule has 0 radical (unpaired) electrons. The molecule has 2 heterocycles. The number of aryl methyl sites for hydroxylation is 1. The average Bonchev–Trinajstić information content (AvgIpc) is 3.25. The van der Waals surface area contributed by atoms with Gasteiger partial charge in [0.25, 0.3) is 5.91 Å². The van der Waals surface area contributed by atoms with Crippen molar-refractivity contribution in [1.82, 2.24) is 15.5 Å². The molecule has 1 aromatic heterocycles. The molecule has 1 spiro atoms. The number of hydrogen-bond donors (Lipinski definition) is 2. The summed E-state index contributed by atoms with van der Waals surface area (Å²) in [6.45, 7) is 2.27. The minimum Gasteiger partial charge on any atom is -0.354 e. The summed E-state index contributed by atoms with van der Waals surface area (Å²) < 4.78 is 0. The van der Waals surface area contributed by atoms with E-state index in [4.69, 9.17) is 0 Å². The summed E-state index contributed by atoms with van der Waals surface area (Å²) in [5.74, 6) is -0.0225. The Balaban J connectivity index is 1.47. The van der Waals surface area contributed by atoms with E-state index in [1.54, 1.807) is 18.3 Å². The highest BCUT2D eigenvalue weighted by Crippen LogP contribution is 2.42. The predicted molar refractivity (Wildman–Crippen MR) is 103 cm³/mol. The van der Waals surface area contributed by atoms with E-state index in [1.165, 1.54) is 19.3 Å². The highest BCUT2D eigenvalue weighted by atomic mass is 32.1. The Bertz CT molecular complexity index is 755. The topological polar surface area (TPSA) is 78.5 Å². The van der Waals surface area contributed by atoms with Crippen LogP contribution in [0.2, 0.25) is 0 Å². The van der Waals surface area contributed by atoms with Crippen LogP contribution >= 0.6 is 11.3 Å². The highest BCUT2D eigenvalue weighted by Gasteiger charge is 2.56. The van der Waals surface area contributed by atoms with E-state index < -0.39 is 17.6 Å². The Labute approximate surface area is 163 Å². The lowest BCUT2D eigenvalue weighted by atomic mass is 9.80. The standard InChI is InChI=1S/C20H27N3O3S/c1-13(17(24)21-12-14-6-3-2-4-7-14)23-18(25)20(22-19(23)26)10-5-8-16-15(20)9-11-27-16/h9,11,13-14H,2-8,10,12H2,1H3,(H,21,24)(H,22,26)/t13-,20-/m0/s1. The molecule has 4 rings (SSSR count). The summed E-state index contributed by atoms with van der Waals surface area (Å²) >= 11 is 1.63. The lowest BCUT2D eigenvalue weighted by Crippen LogP contribution is -2.50. The number of imide groups is 1. The van der Waals surface area contributed by atoms with Gasteiger partial charge in [0.05, 0.1) is 0 Å².